The van der Waals surface area contributed by atoms with Crippen LogP contribution in [-0.2, 0) is 11.3 Å². The molecule has 4 rings (SSSR count). The van der Waals surface area contributed by atoms with Crippen LogP contribution in [0.25, 0.3) is 17.5 Å². The minimum absolute atomic E-state index is 0.0195. The SMILES string of the molecule is COc1cc(C=CC(=O)N2CCN(Cc3nc(-c4ccc(Cl)cc4)no3)CC2)ccc1OC(C)C. The van der Waals surface area contributed by atoms with Crippen molar-refractivity contribution in [1.29, 1.82) is 0 Å². The summed E-state index contributed by atoms with van der Waals surface area (Å²) in [5.41, 5.74) is 1.73. The van der Waals surface area contributed by atoms with Gasteiger partial charge in [0.1, 0.15) is 0 Å². The summed E-state index contributed by atoms with van der Waals surface area (Å²) in [6.45, 7) is 7.19. The summed E-state index contributed by atoms with van der Waals surface area (Å²) in [7, 11) is 1.60. The molecule has 0 radical (unpaired) electrons. The minimum atomic E-state index is -0.0195. The number of methoxy groups -OCH3 is 1. The molecule has 35 heavy (non-hydrogen) atoms. The van der Waals surface area contributed by atoms with Crippen molar-refractivity contribution in [3.05, 3.63) is 65.0 Å². The quantitative estimate of drug-likeness (QED) is 0.423. The molecule has 1 amide bonds. The van der Waals surface area contributed by atoms with Crippen molar-refractivity contribution in [3.8, 4) is 22.9 Å². The van der Waals surface area contributed by atoms with Gasteiger partial charge < -0.3 is 18.9 Å². The Morgan fingerprint density at radius 3 is 2.54 bits per heavy atom. The first kappa shape index (κ1) is 24.8. The van der Waals surface area contributed by atoms with Gasteiger partial charge in [0, 0.05) is 42.8 Å². The second-order valence-corrected chi connectivity index (χ2v) is 8.97. The van der Waals surface area contributed by atoms with Gasteiger partial charge in [0.2, 0.25) is 17.6 Å². The molecule has 3 aromatic rings. The van der Waals surface area contributed by atoms with Gasteiger partial charge in [0.05, 0.1) is 19.8 Å². The van der Waals surface area contributed by atoms with Crippen LogP contribution >= 0.6 is 11.6 Å². The van der Waals surface area contributed by atoms with Crippen LogP contribution in [0.15, 0.2) is 53.1 Å². The molecule has 0 atom stereocenters. The molecule has 0 N–H and O–H groups in total. The maximum atomic E-state index is 12.7. The zero-order valence-corrected chi connectivity index (χ0v) is 20.9. The van der Waals surface area contributed by atoms with Crippen molar-refractivity contribution in [2.45, 2.75) is 26.5 Å². The van der Waals surface area contributed by atoms with E-state index in [9.17, 15) is 4.79 Å². The summed E-state index contributed by atoms with van der Waals surface area (Å²) in [5.74, 6) is 2.39. The molecule has 2 aromatic carbocycles. The minimum Gasteiger partial charge on any atom is -0.493 e. The van der Waals surface area contributed by atoms with E-state index in [1.54, 1.807) is 31.4 Å². The molecule has 1 aliphatic heterocycles. The normalized spacial score (nSPS) is 14.6. The van der Waals surface area contributed by atoms with Crippen LogP contribution in [0, 0.1) is 0 Å². The van der Waals surface area contributed by atoms with Gasteiger partial charge in [-0.15, -0.1) is 0 Å². The van der Waals surface area contributed by atoms with Crippen LogP contribution < -0.4 is 9.47 Å². The van der Waals surface area contributed by atoms with Gasteiger partial charge in [0.15, 0.2) is 11.5 Å². The Hall–Kier alpha value is -3.36. The molecule has 1 aromatic heterocycles. The van der Waals surface area contributed by atoms with Crippen LogP contribution in [-0.4, -0.2) is 65.2 Å². The summed E-state index contributed by atoms with van der Waals surface area (Å²) >= 11 is 5.94. The number of benzene rings is 2. The molecule has 0 bridgehead atoms. The number of ether oxygens (including phenoxy) is 2. The Labute approximate surface area is 210 Å². The number of piperazine rings is 1. The molecule has 1 aliphatic rings. The van der Waals surface area contributed by atoms with Gasteiger partial charge in [-0.05, 0) is 61.9 Å². The first-order chi connectivity index (χ1) is 16.9. The highest BCUT2D eigenvalue weighted by Gasteiger charge is 2.21. The Bertz CT molecular complexity index is 1170. The molecular weight excluding hydrogens is 468 g/mol. The van der Waals surface area contributed by atoms with Crippen molar-refractivity contribution in [1.82, 2.24) is 19.9 Å². The van der Waals surface area contributed by atoms with E-state index in [4.69, 9.17) is 25.6 Å². The lowest BCUT2D eigenvalue weighted by Crippen LogP contribution is -2.47. The molecule has 1 saturated heterocycles. The summed E-state index contributed by atoms with van der Waals surface area (Å²) in [6, 6.07) is 12.9. The van der Waals surface area contributed by atoms with E-state index in [0.29, 0.717) is 47.9 Å². The fraction of sp³-hybridized carbons (Fsp3) is 0.346. The number of amides is 1. The van der Waals surface area contributed by atoms with E-state index in [1.807, 2.05) is 49.1 Å². The molecule has 2 heterocycles. The van der Waals surface area contributed by atoms with Crippen LogP contribution in [0.5, 0.6) is 11.5 Å². The average Bonchev–Trinajstić information content (AvgIpc) is 3.32. The zero-order valence-electron chi connectivity index (χ0n) is 20.1. The highest BCUT2D eigenvalue weighted by molar-refractivity contribution is 6.30. The highest BCUT2D eigenvalue weighted by Crippen LogP contribution is 2.29. The van der Waals surface area contributed by atoms with E-state index in [1.165, 1.54) is 0 Å². The molecule has 8 nitrogen and oxygen atoms in total. The van der Waals surface area contributed by atoms with Gasteiger partial charge >= 0.3 is 0 Å². The van der Waals surface area contributed by atoms with Crippen molar-refractivity contribution in [3.63, 3.8) is 0 Å². The standard InChI is InChI=1S/C26H29ClN4O4/c1-18(2)34-22-10-4-19(16-23(22)33-3)5-11-25(32)31-14-12-30(13-15-31)17-24-28-26(29-35-24)20-6-8-21(27)9-7-20/h4-11,16,18H,12-15,17H2,1-3H3. The first-order valence-electron chi connectivity index (χ1n) is 11.5. The molecule has 0 saturated carbocycles. The number of carbonyl (C=O) groups is 1. The number of nitrogens with zero attached hydrogens (tertiary/aromatic N) is 4. The van der Waals surface area contributed by atoms with E-state index in [0.717, 1.165) is 24.2 Å². The maximum absolute atomic E-state index is 12.7. The summed E-state index contributed by atoms with van der Waals surface area (Å²) in [4.78, 5) is 21.2. The summed E-state index contributed by atoms with van der Waals surface area (Å²) in [6.07, 6.45) is 3.45. The summed E-state index contributed by atoms with van der Waals surface area (Å²) < 4.78 is 16.6. The zero-order chi connectivity index (χ0) is 24.8. The first-order valence-corrected chi connectivity index (χ1v) is 11.9. The monoisotopic (exact) mass is 496 g/mol. The molecule has 0 spiro atoms. The smallest absolute Gasteiger partial charge is 0.246 e. The Kier molecular flexibility index (Phi) is 8.05. The van der Waals surface area contributed by atoms with Crippen LogP contribution in [0.4, 0.5) is 0 Å². The molecule has 0 aliphatic carbocycles. The third-order valence-electron chi connectivity index (χ3n) is 5.58. The largest absolute Gasteiger partial charge is 0.493 e. The van der Waals surface area contributed by atoms with Crippen molar-refractivity contribution >= 4 is 23.6 Å². The molecule has 0 unspecified atom stereocenters. The molecule has 184 valence electrons. The Morgan fingerprint density at radius 1 is 1.11 bits per heavy atom. The van der Waals surface area contributed by atoms with Gasteiger partial charge in [-0.2, -0.15) is 4.98 Å². The fourth-order valence-electron chi connectivity index (χ4n) is 3.77. The lowest BCUT2D eigenvalue weighted by molar-refractivity contribution is -0.127. The van der Waals surface area contributed by atoms with Gasteiger partial charge in [-0.1, -0.05) is 22.8 Å². The summed E-state index contributed by atoms with van der Waals surface area (Å²) in [5, 5.41) is 4.72. The highest BCUT2D eigenvalue weighted by atomic mass is 35.5. The van der Waals surface area contributed by atoms with E-state index in [-0.39, 0.29) is 12.0 Å². The average molecular weight is 497 g/mol. The number of halogens is 1. The van der Waals surface area contributed by atoms with Crippen LogP contribution in [0.1, 0.15) is 25.3 Å². The van der Waals surface area contributed by atoms with Crippen molar-refractivity contribution < 1.29 is 18.8 Å². The molecule has 9 heteroatoms. The van der Waals surface area contributed by atoms with Gasteiger partial charge in [-0.3, -0.25) is 9.69 Å². The lowest BCUT2D eigenvalue weighted by Gasteiger charge is -2.33. The van der Waals surface area contributed by atoms with E-state index in [2.05, 4.69) is 15.0 Å². The predicted octanol–water partition coefficient (Wildman–Crippen LogP) is 4.54. The van der Waals surface area contributed by atoms with E-state index < -0.39 is 0 Å². The second-order valence-electron chi connectivity index (χ2n) is 8.53. The third kappa shape index (κ3) is 6.61. The maximum Gasteiger partial charge on any atom is 0.246 e. The third-order valence-corrected chi connectivity index (χ3v) is 5.83. The molecular formula is C26H29ClN4O4. The number of aromatic nitrogens is 2. The predicted molar refractivity (Wildman–Crippen MR) is 134 cm³/mol. The van der Waals surface area contributed by atoms with Crippen LogP contribution in [0.3, 0.4) is 0 Å². The fourth-order valence-corrected chi connectivity index (χ4v) is 3.89. The Balaban J connectivity index is 1.28. The van der Waals surface area contributed by atoms with Crippen molar-refractivity contribution in [2.75, 3.05) is 33.3 Å². The van der Waals surface area contributed by atoms with E-state index >= 15 is 0 Å². The van der Waals surface area contributed by atoms with Gasteiger partial charge in [0.25, 0.3) is 0 Å². The number of hydrogen-bond acceptors (Lipinski definition) is 7. The Morgan fingerprint density at radius 2 is 1.86 bits per heavy atom. The molecule has 1 fully saturated rings. The second kappa shape index (κ2) is 11.4. The number of rotatable bonds is 8. The topological polar surface area (TPSA) is 80.9 Å². The van der Waals surface area contributed by atoms with Gasteiger partial charge in [-0.25, -0.2) is 0 Å². The number of hydrogen-bond donors (Lipinski definition) is 0. The van der Waals surface area contributed by atoms with Crippen LogP contribution in [0.2, 0.25) is 5.02 Å². The lowest BCUT2D eigenvalue weighted by atomic mass is 10.1. The number of carbonyl (C=O) groups excluding carboxylic acids is 1. The van der Waals surface area contributed by atoms with Crippen molar-refractivity contribution in [2.24, 2.45) is 0 Å².